The molecule has 0 saturated carbocycles. The molecule has 8 aliphatic heterocycles. The monoisotopic (exact) mass is 960 g/mol. The van der Waals surface area contributed by atoms with Gasteiger partial charge in [0, 0.05) is 85.3 Å². The Kier molecular flexibility index (Phi) is 6.88. The lowest BCUT2D eigenvalue weighted by atomic mass is 9.27. The molecule has 0 atom stereocenters. The van der Waals surface area contributed by atoms with Gasteiger partial charge in [-0.3, -0.25) is 0 Å². The van der Waals surface area contributed by atoms with Crippen LogP contribution in [0.5, 0.6) is 23.0 Å². The smallest absolute Gasteiger partial charge is 0.256 e. The van der Waals surface area contributed by atoms with Crippen molar-refractivity contribution >= 4 is 165 Å². The average molecular weight is 960 g/mol. The predicted molar refractivity (Wildman–Crippen MR) is 316 cm³/mol. The van der Waals surface area contributed by atoms with E-state index >= 15 is 0 Å². The van der Waals surface area contributed by atoms with Crippen molar-refractivity contribution in [2.24, 2.45) is 0 Å². The first kappa shape index (κ1) is 39.0. The summed E-state index contributed by atoms with van der Waals surface area (Å²) in [5, 5.41) is 2.57. The Hall–Kier alpha value is -9.52. The van der Waals surface area contributed by atoms with Gasteiger partial charge in [0.25, 0.3) is 26.9 Å². The third kappa shape index (κ3) is 4.42. The zero-order valence-electron chi connectivity index (χ0n) is 40.7. The highest BCUT2D eigenvalue weighted by Crippen LogP contribution is 2.50. The van der Waals surface area contributed by atoms with Crippen molar-refractivity contribution in [3.05, 3.63) is 218 Å². The second-order valence-electron chi connectivity index (χ2n) is 21.7. The predicted octanol–water partition coefficient (Wildman–Crippen LogP) is 7.35. The molecule has 0 amide bonds. The molecule has 344 valence electrons. The Balaban J connectivity index is 0.906. The molecule has 0 radical (unpaired) electrons. The number of nitrogens with zero attached hydrogens (tertiary/aromatic N) is 4. The van der Waals surface area contributed by atoms with E-state index in [9.17, 15) is 0 Å². The van der Waals surface area contributed by atoms with Crippen LogP contribution in [0.2, 0.25) is 0 Å². The Morgan fingerprint density at radius 1 is 0.276 bits per heavy atom. The fraction of sp³-hybridized carbons (Fsp3) is 0. The second-order valence-corrected chi connectivity index (χ2v) is 21.7. The van der Waals surface area contributed by atoms with Crippen molar-refractivity contribution < 1.29 is 9.47 Å². The minimum atomic E-state index is -0.110. The number of fused-ring (bicyclic) bond motifs is 23. The molecule has 10 heteroatoms. The van der Waals surface area contributed by atoms with Crippen molar-refractivity contribution in [3.8, 4) is 28.7 Å². The first-order valence-corrected chi connectivity index (χ1v) is 26.6. The van der Waals surface area contributed by atoms with E-state index in [1.165, 1.54) is 133 Å². The van der Waals surface area contributed by atoms with Gasteiger partial charge in [-0.25, -0.2) is 0 Å². The summed E-state index contributed by atoms with van der Waals surface area (Å²) in [7, 11) is 0. The van der Waals surface area contributed by atoms with Crippen molar-refractivity contribution in [2.45, 2.75) is 0 Å². The molecule has 11 aromatic carbocycles. The van der Waals surface area contributed by atoms with Crippen LogP contribution in [0, 0.1) is 0 Å². The largest absolute Gasteiger partial charge is 0.458 e. The first-order chi connectivity index (χ1) is 37.8. The molecule has 0 saturated heterocycles. The molecule has 6 nitrogen and oxygen atoms in total. The number of hydrogen-bond acceptors (Lipinski definition) is 5. The first-order valence-electron chi connectivity index (χ1n) is 26.6. The maximum absolute atomic E-state index is 7.54. The topological polar surface area (TPSA) is 33.1 Å². The van der Waals surface area contributed by atoms with Gasteiger partial charge in [0.1, 0.15) is 23.0 Å². The summed E-state index contributed by atoms with van der Waals surface area (Å²) in [5.74, 6) is 3.46. The quantitative estimate of drug-likeness (QED) is 0.161. The standard InChI is InChI=1S/C66H36B4N4O2/c1-2-17-37(18-3-1)71-53-35-57-47(70-43-24-8-14-31-52(43)74-49-28-11-5-21-40(49)67-44-25-9-15-32-56(44)75-58-36-59(76-57)63(70)66(74)62(58)67)33-46(53)69-42-23-7-13-30-51(42)73-50-29-12-6-22-41(50)68-45-26-16-20-39-38-19-4-10-27-48(38)72(64(39)45)55-34-54(71)60(69)65(73)61(55)68/h1-36H. The van der Waals surface area contributed by atoms with E-state index in [4.69, 9.17) is 9.47 Å². The highest BCUT2D eigenvalue weighted by atomic mass is 16.5. The van der Waals surface area contributed by atoms with Gasteiger partial charge >= 0.3 is 0 Å². The molecule has 0 fully saturated rings. The lowest BCUT2D eigenvalue weighted by molar-refractivity contribution is 0.466. The van der Waals surface area contributed by atoms with Crippen LogP contribution in [0.15, 0.2) is 218 Å². The molecule has 1 aromatic heterocycles. The van der Waals surface area contributed by atoms with Gasteiger partial charge in [-0.05, 0) is 120 Å². The number of benzene rings is 11. The zero-order valence-corrected chi connectivity index (χ0v) is 40.7. The van der Waals surface area contributed by atoms with Crippen molar-refractivity contribution in [3.63, 3.8) is 0 Å². The number of hydrogen-bond donors (Lipinski definition) is 0. The average Bonchev–Trinajstić information content (AvgIpc) is 3.98. The number of anilines is 9. The van der Waals surface area contributed by atoms with Gasteiger partial charge in [-0.2, -0.15) is 0 Å². The van der Waals surface area contributed by atoms with Gasteiger partial charge in [-0.1, -0.05) is 152 Å². The third-order valence-corrected chi connectivity index (χ3v) is 18.4. The van der Waals surface area contributed by atoms with Gasteiger partial charge in [-0.15, -0.1) is 0 Å². The normalized spacial score (nSPS) is 14.9. The minimum Gasteiger partial charge on any atom is -0.458 e. The van der Waals surface area contributed by atoms with E-state index < -0.39 is 0 Å². The van der Waals surface area contributed by atoms with E-state index in [0.29, 0.717) is 0 Å². The lowest BCUT2D eigenvalue weighted by Crippen LogP contribution is -2.69. The molecular formula is C66H36B4N4O2. The van der Waals surface area contributed by atoms with Crippen LogP contribution >= 0.6 is 0 Å². The molecule has 8 aliphatic rings. The van der Waals surface area contributed by atoms with Crippen LogP contribution < -0.4 is 89.7 Å². The summed E-state index contributed by atoms with van der Waals surface area (Å²) in [6.07, 6.45) is 0. The number of rotatable bonds is 1. The van der Waals surface area contributed by atoms with Crippen LogP contribution in [0.3, 0.4) is 0 Å². The lowest BCUT2D eigenvalue weighted by Gasteiger charge is -2.50. The third-order valence-electron chi connectivity index (χ3n) is 18.4. The fourth-order valence-corrected chi connectivity index (χ4v) is 15.8. The summed E-state index contributed by atoms with van der Waals surface area (Å²) >= 11 is 0. The van der Waals surface area contributed by atoms with E-state index in [2.05, 4.69) is 238 Å². The molecule has 0 aliphatic carbocycles. The fourth-order valence-electron chi connectivity index (χ4n) is 15.8. The van der Waals surface area contributed by atoms with Gasteiger partial charge in [0.2, 0.25) is 0 Å². The Labute approximate surface area is 438 Å². The molecule has 76 heavy (non-hydrogen) atoms. The Morgan fingerprint density at radius 3 is 1.46 bits per heavy atom. The van der Waals surface area contributed by atoms with Crippen LogP contribution in [-0.4, -0.2) is 31.4 Å². The van der Waals surface area contributed by atoms with E-state index in [1.54, 1.807) is 0 Å². The van der Waals surface area contributed by atoms with Crippen LogP contribution in [0.25, 0.3) is 27.5 Å². The number of ether oxygens (including phenoxy) is 2. The van der Waals surface area contributed by atoms with E-state index in [0.717, 1.165) is 34.4 Å². The summed E-state index contributed by atoms with van der Waals surface area (Å²) in [4.78, 5) is 7.70. The zero-order chi connectivity index (χ0) is 48.8. The molecule has 12 aromatic rings. The van der Waals surface area contributed by atoms with Crippen molar-refractivity contribution in [2.75, 3.05) is 14.7 Å². The Bertz CT molecular complexity index is 4750. The van der Waals surface area contributed by atoms with Crippen LogP contribution in [0.1, 0.15) is 0 Å². The highest BCUT2D eigenvalue weighted by Gasteiger charge is 2.54. The van der Waals surface area contributed by atoms with Crippen molar-refractivity contribution in [1.29, 1.82) is 0 Å². The summed E-state index contributed by atoms with van der Waals surface area (Å²) in [6.45, 7) is -0.164. The molecule has 0 unspecified atom stereocenters. The van der Waals surface area contributed by atoms with Crippen molar-refractivity contribution in [1.82, 2.24) is 4.57 Å². The van der Waals surface area contributed by atoms with Gasteiger partial charge in [0.15, 0.2) is 0 Å². The summed E-state index contributed by atoms with van der Waals surface area (Å²) < 4.78 is 17.1. The van der Waals surface area contributed by atoms with Crippen LogP contribution in [-0.2, 0) is 0 Å². The molecule has 0 bridgehead atoms. The number of aromatic nitrogens is 1. The van der Waals surface area contributed by atoms with E-state index in [1.807, 2.05) is 0 Å². The van der Waals surface area contributed by atoms with Gasteiger partial charge in [0.05, 0.1) is 5.52 Å². The maximum atomic E-state index is 7.54. The van der Waals surface area contributed by atoms with Gasteiger partial charge < -0.3 is 28.7 Å². The number of para-hydroxylation sites is 8. The van der Waals surface area contributed by atoms with Crippen LogP contribution in [0.4, 0.5) is 51.2 Å². The summed E-state index contributed by atoms with van der Waals surface area (Å²) in [5.41, 5.74) is 29.8. The van der Waals surface area contributed by atoms with E-state index in [-0.39, 0.29) is 26.9 Å². The minimum absolute atomic E-state index is 0.00520. The summed E-state index contributed by atoms with van der Waals surface area (Å²) in [6, 6.07) is 81.8. The Morgan fingerprint density at radius 2 is 0.776 bits per heavy atom. The SMILES string of the molecule is c1ccc(N2c3cc4c(cc3B3c5ccccc5N5c6ccccc6B6c7c(cc2c3c75)-n2c3ccccc3c3cccc6c32)B2c3ccccc3N3c5ccccc5B5c6ccccc6Oc6cc(c2c3c65)O4)cc1. The highest BCUT2D eigenvalue weighted by molar-refractivity contribution is 7.06. The molecular weight excluding hydrogens is 924 g/mol. The molecule has 0 spiro atoms. The molecule has 9 heterocycles. The maximum Gasteiger partial charge on any atom is 0.256 e. The second kappa shape index (κ2) is 13.4. The molecule has 0 N–H and O–H groups in total. The molecule has 20 rings (SSSR count).